The van der Waals surface area contributed by atoms with Gasteiger partial charge in [-0.25, -0.2) is 22.0 Å². The molecule has 1 aromatic rings. The van der Waals surface area contributed by atoms with Gasteiger partial charge in [-0.2, -0.15) is 11.8 Å². The third kappa shape index (κ3) is 2.48. The second kappa shape index (κ2) is 5.48. The topological polar surface area (TPSA) is 17.1 Å². The maximum Gasteiger partial charge on any atom is 0.200 e. The number of hydrogen-bond donors (Lipinski definition) is 0. The second-order valence-electron chi connectivity index (χ2n) is 4.16. The molecule has 1 unspecified atom stereocenters. The number of carbonyl (C=O) groups excluding carboxylic acids is 1. The van der Waals surface area contributed by atoms with E-state index in [1.807, 2.05) is 0 Å². The van der Waals surface area contributed by atoms with Crippen LogP contribution in [0, 0.1) is 29.1 Å². The summed E-state index contributed by atoms with van der Waals surface area (Å²) in [7, 11) is 0. The van der Waals surface area contributed by atoms with Crippen molar-refractivity contribution in [3.63, 3.8) is 0 Å². The first kappa shape index (κ1) is 14.3. The molecule has 1 saturated heterocycles. The molecule has 0 bridgehead atoms. The normalized spacial score (nSPS) is 19.5. The number of thioether (sulfide) groups is 1. The van der Waals surface area contributed by atoms with E-state index >= 15 is 0 Å². The molecule has 1 heterocycles. The molecule has 1 atom stereocenters. The van der Waals surface area contributed by atoms with Gasteiger partial charge in [-0.15, -0.1) is 0 Å². The van der Waals surface area contributed by atoms with Crippen molar-refractivity contribution in [3.8, 4) is 0 Å². The summed E-state index contributed by atoms with van der Waals surface area (Å²) in [5.74, 6) is -10.9. The number of benzene rings is 1. The first-order valence-corrected chi connectivity index (χ1v) is 6.67. The number of ketones is 1. The van der Waals surface area contributed by atoms with Crippen LogP contribution >= 0.6 is 11.8 Å². The SMILES string of the molecule is O=C(c1c(F)c(F)c(F)c(F)c1F)C1CCCCS1. The van der Waals surface area contributed by atoms with Crippen molar-refractivity contribution in [2.75, 3.05) is 5.75 Å². The first-order valence-electron chi connectivity index (χ1n) is 5.62. The highest BCUT2D eigenvalue weighted by Crippen LogP contribution is 2.31. The van der Waals surface area contributed by atoms with Crippen LogP contribution in [-0.2, 0) is 0 Å². The molecule has 0 amide bonds. The van der Waals surface area contributed by atoms with Gasteiger partial charge in [0.05, 0.1) is 10.8 Å². The van der Waals surface area contributed by atoms with Crippen LogP contribution < -0.4 is 0 Å². The van der Waals surface area contributed by atoms with Crippen LogP contribution in [-0.4, -0.2) is 16.8 Å². The summed E-state index contributed by atoms with van der Waals surface area (Å²) in [6, 6.07) is 0. The van der Waals surface area contributed by atoms with Crippen molar-refractivity contribution in [3.05, 3.63) is 34.6 Å². The Bertz CT molecular complexity index is 496. The maximum atomic E-state index is 13.5. The molecule has 0 aliphatic carbocycles. The fraction of sp³-hybridized carbons (Fsp3) is 0.417. The van der Waals surface area contributed by atoms with E-state index in [0.29, 0.717) is 18.6 Å². The highest BCUT2D eigenvalue weighted by molar-refractivity contribution is 8.00. The van der Waals surface area contributed by atoms with Gasteiger partial charge in [-0.1, -0.05) is 6.42 Å². The zero-order chi connectivity index (χ0) is 14.2. The summed E-state index contributed by atoms with van der Waals surface area (Å²) in [5.41, 5.74) is -1.32. The Kier molecular flexibility index (Phi) is 4.13. The molecule has 2 rings (SSSR count). The van der Waals surface area contributed by atoms with Crippen molar-refractivity contribution < 1.29 is 26.7 Å². The van der Waals surface area contributed by atoms with E-state index in [0.717, 1.165) is 6.42 Å². The number of rotatable bonds is 2. The lowest BCUT2D eigenvalue weighted by molar-refractivity contribution is 0.0973. The number of carbonyl (C=O) groups is 1. The van der Waals surface area contributed by atoms with E-state index in [1.165, 1.54) is 11.8 Å². The van der Waals surface area contributed by atoms with Gasteiger partial charge in [0.2, 0.25) is 5.82 Å². The van der Waals surface area contributed by atoms with Crippen LogP contribution in [0.3, 0.4) is 0 Å². The molecule has 1 fully saturated rings. The minimum atomic E-state index is -2.25. The summed E-state index contributed by atoms with van der Waals surface area (Å²) < 4.78 is 65.8. The molecule has 7 heteroatoms. The standard InChI is InChI=1S/C12H9F5OS/c13-7-6(8(14)10(16)11(17)9(7)15)12(18)5-3-1-2-4-19-5/h5H,1-4H2. The number of halogens is 5. The Labute approximate surface area is 110 Å². The minimum Gasteiger partial charge on any atom is -0.293 e. The monoisotopic (exact) mass is 296 g/mol. The van der Waals surface area contributed by atoms with Crippen LogP contribution in [0.5, 0.6) is 0 Å². The molecule has 1 aliphatic rings. The van der Waals surface area contributed by atoms with Gasteiger partial charge < -0.3 is 0 Å². The summed E-state index contributed by atoms with van der Waals surface area (Å²) in [4.78, 5) is 11.9. The van der Waals surface area contributed by atoms with Crippen molar-refractivity contribution in [1.29, 1.82) is 0 Å². The van der Waals surface area contributed by atoms with E-state index in [2.05, 4.69) is 0 Å². The number of hydrogen-bond acceptors (Lipinski definition) is 2. The smallest absolute Gasteiger partial charge is 0.200 e. The average molecular weight is 296 g/mol. The average Bonchev–Trinajstić information content (AvgIpc) is 2.44. The van der Waals surface area contributed by atoms with Crippen LogP contribution in [0.15, 0.2) is 0 Å². The summed E-state index contributed by atoms with van der Waals surface area (Å²) in [6.07, 6.45) is 1.94. The molecule has 19 heavy (non-hydrogen) atoms. The zero-order valence-corrected chi connectivity index (χ0v) is 10.4. The molecular formula is C12H9F5OS. The number of Topliss-reactive ketones (excluding diaryl/α,β-unsaturated/α-hetero) is 1. The summed E-state index contributed by atoms with van der Waals surface area (Å²) >= 11 is 1.18. The van der Waals surface area contributed by atoms with Gasteiger partial charge in [0.1, 0.15) is 0 Å². The predicted octanol–water partition coefficient (Wildman–Crippen LogP) is 3.85. The summed E-state index contributed by atoms with van der Waals surface area (Å²) in [6.45, 7) is 0. The second-order valence-corrected chi connectivity index (χ2v) is 5.47. The third-order valence-corrected chi connectivity index (χ3v) is 4.30. The zero-order valence-electron chi connectivity index (χ0n) is 9.61. The third-order valence-electron chi connectivity index (χ3n) is 2.93. The van der Waals surface area contributed by atoms with Crippen LogP contribution in [0.1, 0.15) is 29.6 Å². The highest BCUT2D eigenvalue weighted by Gasteiger charge is 2.33. The molecule has 0 radical (unpaired) electrons. The maximum absolute atomic E-state index is 13.5. The predicted molar refractivity (Wildman–Crippen MR) is 60.7 cm³/mol. The summed E-state index contributed by atoms with van der Waals surface area (Å²) in [5, 5.41) is -0.748. The van der Waals surface area contributed by atoms with E-state index in [1.54, 1.807) is 0 Å². The Morgan fingerprint density at radius 2 is 1.42 bits per heavy atom. The molecule has 0 aromatic heterocycles. The lowest BCUT2D eigenvalue weighted by Gasteiger charge is -2.20. The fourth-order valence-corrected chi connectivity index (χ4v) is 3.19. The van der Waals surface area contributed by atoms with Crippen LogP contribution in [0.4, 0.5) is 22.0 Å². The minimum absolute atomic E-state index is 0.378. The lowest BCUT2D eigenvalue weighted by Crippen LogP contribution is -2.24. The van der Waals surface area contributed by atoms with Crippen LogP contribution in [0.25, 0.3) is 0 Å². The Morgan fingerprint density at radius 3 is 1.89 bits per heavy atom. The Balaban J connectivity index is 2.47. The molecule has 0 saturated carbocycles. The Morgan fingerprint density at radius 1 is 0.895 bits per heavy atom. The van der Waals surface area contributed by atoms with Gasteiger partial charge in [0, 0.05) is 0 Å². The molecule has 0 N–H and O–H groups in total. The van der Waals surface area contributed by atoms with Crippen LogP contribution in [0.2, 0.25) is 0 Å². The molecule has 1 nitrogen and oxygen atoms in total. The van der Waals surface area contributed by atoms with Crippen molar-refractivity contribution in [2.45, 2.75) is 24.5 Å². The Hall–Kier alpha value is -1.11. The van der Waals surface area contributed by atoms with E-state index in [-0.39, 0.29) is 0 Å². The quantitative estimate of drug-likeness (QED) is 0.357. The largest absolute Gasteiger partial charge is 0.293 e. The molecule has 104 valence electrons. The van der Waals surface area contributed by atoms with E-state index < -0.39 is 45.7 Å². The molecular weight excluding hydrogens is 287 g/mol. The van der Waals surface area contributed by atoms with Gasteiger partial charge >= 0.3 is 0 Å². The molecule has 1 aliphatic heterocycles. The molecule has 1 aromatic carbocycles. The lowest BCUT2D eigenvalue weighted by atomic mass is 10.0. The van der Waals surface area contributed by atoms with Gasteiger partial charge in [0.15, 0.2) is 29.1 Å². The highest BCUT2D eigenvalue weighted by atomic mass is 32.2. The fourth-order valence-electron chi connectivity index (χ4n) is 1.93. The van der Waals surface area contributed by atoms with Crippen molar-refractivity contribution in [1.82, 2.24) is 0 Å². The van der Waals surface area contributed by atoms with Crippen molar-refractivity contribution in [2.24, 2.45) is 0 Å². The van der Waals surface area contributed by atoms with E-state index in [4.69, 9.17) is 0 Å². The van der Waals surface area contributed by atoms with Crippen molar-refractivity contribution >= 4 is 17.5 Å². The first-order chi connectivity index (χ1) is 8.95. The molecule has 0 spiro atoms. The van der Waals surface area contributed by atoms with Gasteiger partial charge in [-0.05, 0) is 18.6 Å². The van der Waals surface area contributed by atoms with E-state index in [9.17, 15) is 26.7 Å². The van der Waals surface area contributed by atoms with Gasteiger partial charge in [-0.3, -0.25) is 4.79 Å². The van der Waals surface area contributed by atoms with Gasteiger partial charge in [0.25, 0.3) is 0 Å².